The molecule has 0 bridgehead atoms. The van der Waals surface area contributed by atoms with Crippen LogP contribution in [0.3, 0.4) is 0 Å². The highest BCUT2D eigenvalue weighted by Crippen LogP contribution is 2.38. The van der Waals surface area contributed by atoms with E-state index >= 15 is 0 Å². The van der Waals surface area contributed by atoms with E-state index in [2.05, 4.69) is 18.4 Å². The zero-order valence-corrected chi connectivity index (χ0v) is 16.5. The number of hydrogen-bond donors (Lipinski definition) is 0. The number of para-hydroxylation sites is 2. The molecule has 2 aromatic rings. The van der Waals surface area contributed by atoms with Gasteiger partial charge >= 0.3 is 0 Å². The number of rotatable bonds is 4. The summed E-state index contributed by atoms with van der Waals surface area (Å²) in [6.45, 7) is 3.28. The third-order valence-electron chi connectivity index (χ3n) is 5.61. The number of hydrogen-bond acceptors (Lipinski definition) is 4. The fourth-order valence-corrected chi connectivity index (χ4v) is 5.22. The van der Waals surface area contributed by atoms with Gasteiger partial charge in [-0.3, -0.25) is 9.59 Å². The van der Waals surface area contributed by atoms with Crippen LogP contribution in [0, 0.1) is 5.92 Å². The number of amides is 2. The second-order valence-electron chi connectivity index (χ2n) is 7.08. The lowest BCUT2D eigenvalue weighted by Crippen LogP contribution is -2.43. The minimum atomic E-state index is -0.295. The second kappa shape index (κ2) is 7.35. The van der Waals surface area contributed by atoms with Crippen molar-refractivity contribution in [2.24, 2.45) is 5.92 Å². The number of anilines is 1. The third-order valence-corrected chi connectivity index (χ3v) is 6.61. The number of carbonyl (C=O) groups is 2. The molecule has 2 atom stereocenters. The summed E-state index contributed by atoms with van der Waals surface area (Å²) in [5.41, 5.74) is 2.03. The number of nitrogens with zero attached hydrogens (tertiary/aromatic N) is 2. The maximum atomic E-state index is 13.3. The van der Waals surface area contributed by atoms with Crippen LogP contribution in [0.2, 0.25) is 0 Å². The Morgan fingerprint density at radius 3 is 2.89 bits per heavy atom. The van der Waals surface area contributed by atoms with Crippen LogP contribution in [-0.2, 0) is 16.0 Å². The predicted molar refractivity (Wildman–Crippen MR) is 106 cm³/mol. The molecule has 0 saturated carbocycles. The zero-order valence-electron chi connectivity index (χ0n) is 15.7. The molecule has 5 nitrogen and oxygen atoms in total. The maximum absolute atomic E-state index is 13.3. The van der Waals surface area contributed by atoms with E-state index in [4.69, 9.17) is 4.74 Å². The van der Waals surface area contributed by atoms with Gasteiger partial charge in [0.2, 0.25) is 11.8 Å². The van der Waals surface area contributed by atoms with Crippen LogP contribution >= 0.6 is 11.3 Å². The summed E-state index contributed by atoms with van der Waals surface area (Å²) < 4.78 is 5.39. The number of fused-ring (bicyclic) bond motifs is 1. The molecule has 2 aliphatic heterocycles. The molecule has 0 radical (unpaired) electrons. The van der Waals surface area contributed by atoms with Gasteiger partial charge in [-0.1, -0.05) is 19.1 Å². The fourth-order valence-electron chi connectivity index (χ4n) is 4.29. The van der Waals surface area contributed by atoms with Crippen molar-refractivity contribution in [2.75, 3.05) is 25.1 Å². The van der Waals surface area contributed by atoms with Crippen molar-refractivity contribution in [1.82, 2.24) is 4.90 Å². The molecular weight excluding hydrogens is 360 g/mol. The van der Waals surface area contributed by atoms with Gasteiger partial charge in [-0.05, 0) is 42.0 Å². The summed E-state index contributed by atoms with van der Waals surface area (Å²) in [6, 6.07) is 9.75. The van der Waals surface area contributed by atoms with E-state index in [1.807, 2.05) is 29.2 Å². The molecule has 1 saturated heterocycles. The molecule has 1 fully saturated rings. The van der Waals surface area contributed by atoms with Crippen LogP contribution in [-0.4, -0.2) is 36.9 Å². The lowest BCUT2D eigenvalue weighted by atomic mass is 9.95. The number of ether oxygens (including phenoxy) is 1. The number of benzene rings is 1. The van der Waals surface area contributed by atoms with Gasteiger partial charge in [0.15, 0.2) is 0 Å². The Hall–Kier alpha value is -2.34. The van der Waals surface area contributed by atoms with Gasteiger partial charge in [-0.2, -0.15) is 0 Å². The molecule has 3 heterocycles. The summed E-state index contributed by atoms with van der Waals surface area (Å²) in [4.78, 5) is 31.0. The highest BCUT2D eigenvalue weighted by Gasteiger charge is 2.41. The average molecular weight is 385 g/mol. The number of carbonyl (C=O) groups excluding carboxylic acids is 2. The molecule has 1 aromatic carbocycles. The summed E-state index contributed by atoms with van der Waals surface area (Å²) in [5.74, 6) is 0.450. The smallest absolute Gasteiger partial charge is 0.228 e. The minimum absolute atomic E-state index is 0.0147. The van der Waals surface area contributed by atoms with Crippen molar-refractivity contribution < 1.29 is 14.3 Å². The molecule has 0 aliphatic carbocycles. The first-order chi connectivity index (χ1) is 13.1. The van der Waals surface area contributed by atoms with Crippen LogP contribution < -0.4 is 9.64 Å². The van der Waals surface area contributed by atoms with E-state index in [1.165, 1.54) is 10.4 Å². The van der Waals surface area contributed by atoms with Crippen LogP contribution in [0.4, 0.5) is 5.69 Å². The highest BCUT2D eigenvalue weighted by atomic mass is 32.1. The van der Waals surface area contributed by atoms with Gasteiger partial charge in [0.25, 0.3) is 0 Å². The molecule has 1 aromatic heterocycles. The SMILES string of the molecule is CCC1c2ccsc2CCN1C(=O)C1CC(=O)N(c2ccccc2OC)C1. The van der Waals surface area contributed by atoms with Crippen molar-refractivity contribution in [1.29, 1.82) is 0 Å². The third kappa shape index (κ3) is 3.12. The van der Waals surface area contributed by atoms with E-state index in [0.29, 0.717) is 12.3 Å². The highest BCUT2D eigenvalue weighted by molar-refractivity contribution is 7.10. The van der Waals surface area contributed by atoms with Crippen molar-refractivity contribution in [2.45, 2.75) is 32.2 Å². The molecule has 2 unspecified atom stereocenters. The van der Waals surface area contributed by atoms with Crippen LogP contribution in [0.15, 0.2) is 35.7 Å². The zero-order chi connectivity index (χ0) is 19.0. The Morgan fingerprint density at radius 2 is 2.11 bits per heavy atom. The Morgan fingerprint density at radius 1 is 1.30 bits per heavy atom. The Balaban J connectivity index is 1.55. The molecule has 0 N–H and O–H groups in total. The van der Waals surface area contributed by atoms with E-state index < -0.39 is 0 Å². The van der Waals surface area contributed by atoms with Gasteiger partial charge in [0.05, 0.1) is 24.8 Å². The van der Waals surface area contributed by atoms with Crippen LogP contribution in [0.1, 0.15) is 36.2 Å². The van der Waals surface area contributed by atoms with Crippen LogP contribution in [0.25, 0.3) is 0 Å². The standard InChI is InChI=1S/C21H24N2O3S/c1-3-16-15-9-11-27-19(15)8-10-22(16)21(25)14-12-20(24)23(13-14)17-6-4-5-7-18(17)26-2/h4-7,9,11,14,16H,3,8,10,12-13H2,1-2H3. The lowest BCUT2D eigenvalue weighted by molar-refractivity contribution is -0.138. The van der Waals surface area contributed by atoms with E-state index in [0.717, 1.165) is 25.1 Å². The van der Waals surface area contributed by atoms with Crippen molar-refractivity contribution in [3.8, 4) is 5.75 Å². The Kier molecular flexibility index (Phi) is 4.91. The first kappa shape index (κ1) is 18.0. The predicted octanol–water partition coefficient (Wildman–Crippen LogP) is 3.65. The summed E-state index contributed by atoms with van der Waals surface area (Å²) in [7, 11) is 1.60. The summed E-state index contributed by atoms with van der Waals surface area (Å²) in [6.07, 6.45) is 2.07. The molecule has 27 heavy (non-hydrogen) atoms. The van der Waals surface area contributed by atoms with E-state index in [9.17, 15) is 9.59 Å². The second-order valence-corrected chi connectivity index (χ2v) is 8.08. The first-order valence-corrected chi connectivity index (χ1v) is 10.3. The normalized spacial score (nSPS) is 22.1. The minimum Gasteiger partial charge on any atom is -0.495 e. The lowest BCUT2D eigenvalue weighted by Gasteiger charge is -2.37. The van der Waals surface area contributed by atoms with Gasteiger partial charge < -0.3 is 14.5 Å². The number of methoxy groups -OCH3 is 1. The topological polar surface area (TPSA) is 49.9 Å². The maximum Gasteiger partial charge on any atom is 0.228 e. The largest absolute Gasteiger partial charge is 0.495 e. The molecule has 6 heteroatoms. The average Bonchev–Trinajstić information content (AvgIpc) is 3.33. The van der Waals surface area contributed by atoms with Gasteiger partial charge in [-0.25, -0.2) is 0 Å². The van der Waals surface area contributed by atoms with Crippen LogP contribution in [0.5, 0.6) is 5.75 Å². The van der Waals surface area contributed by atoms with Gasteiger partial charge in [0, 0.05) is 24.4 Å². The summed E-state index contributed by atoms with van der Waals surface area (Å²) in [5, 5.41) is 2.11. The molecule has 2 amide bonds. The first-order valence-electron chi connectivity index (χ1n) is 9.44. The van der Waals surface area contributed by atoms with E-state index in [-0.39, 0.29) is 30.2 Å². The van der Waals surface area contributed by atoms with Crippen molar-refractivity contribution in [3.63, 3.8) is 0 Å². The Labute approximate surface area is 163 Å². The van der Waals surface area contributed by atoms with Crippen molar-refractivity contribution in [3.05, 3.63) is 46.2 Å². The molecule has 0 spiro atoms. The molecule has 4 rings (SSSR count). The van der Waals surface area contributed by atoms with Crippen molar-refractivity contribution >= 4 is 28.8 Å². The number of thiophene rings is 1. The monoisotopic (exact) mass is 384 g/mol. The van der Waals surface area contributed by atoms with Gasteiger partial charge in [0.1, 0.15) is 5.75 Å². The fraction of sp³-hybridized carbons (Fsp3) is 0.429. The molecule has 142 valence electrons. The summed E-state index contributed by atoms with van der Waals surface area (Å²) >= 11 is 1.78. The van der Waals surface area contributed by atoms with E-state index in [1.54, 1.807) is 23.3 Å². The van der Waals surface area contributed by atoms with Gasteiger partial charge in [-0.15, -0.1) is 11.3 Å². The Bertz CT molecular complexity index is 863. The molecule has 2 aliphatic rings. The quantitative estimate of drug-likeness (QED) is 0.809. The molecular formula is C21H24N2O3S.